The minimum Gasteiger partial charge on any atom is -0.379 e. The second-order valence-electron chi connectivity index (χ2n) is 9.65. The summed E-state index contributed by atoms with van der Waals surface area (Å²) in [6.07, 6.45) is -1.03. The van der Waals surface area contributed by atoms with E-state index in [1.54, 1.807) is 0 Å². The molecule has 6 heteroatoms. The minimum atomic E-state index is -1.03. The molecule has 0 amide bonds. The quantitative estimate of drug-likeness (QED) is 0.270. The smallest absolute Gasteiger partial charge is 0.136 e. The fourth-order valence-corrected chi connectivity index (χ4v) is 4.68. The molecule has 0 saturated carbocycles. The van der Waals surface area contributed by atoms with Crippen molar-refractivity contribution in [3.8, 4) is 0 Å². The molecule has 0 bridgehead atoms. The molecule has 3 aromatic rings. The van der Waals surface area contributed by atoms with Crippen LogP contribution < -0.4 is 5.32 Å². The molecular formula is C31H40FN3O2. The predicted octanol–water partition coefficient (Wildman–Crippen LogP) is 4.67. The first kappa shape index (κ1) is 27.4. The van der Waals surface area contributed by atoms with Crippen LogP contribution in [0.25, 0.3) is 0 Å². The predicted molar refractivity (Wildman–Crippen MR) is 147 cm³/mol. The molecule has 0 spiro atoms. The Balaban J connectivity index is 1.03. The highest BCUT2D eigenvalue weighted by Crippen LogP contribution is 2.21. The number of rotatable bonds is 17. The lowest BCUT2D eigenvalue weighted by Crippen LogP contribution is -2.33. The summed E-state index contributed by atoms with van der Waals surface area (Å²) >= 11 is 0. The first-order valence-corrected chi connectivity index (χ1v) is 13.4. The molecule has 0 fully saturated rings. The standard InChI is InChI=1S/C31H40FN3O2/c32-31(25-35(21-27-9-3-1-4-10-27)22-28-11-5-2-6-12-28)26-37-19-16-33-15-18-36-20-17-34-23-29-13-7-8-14-30(29)24-34/h1-14,31,33H,15-26H2. The second kappa shape index (κ2) is 15.6. The number of ether oxygens (including phenoxy) is 2. The fourth-order valence-electron chi connectivity index (χ4n) is 4.68. The number of nitrogens with zero attached hydrogens (tertiary/aromatic N) is 2. The molecule has 1 aliphatic heterocycles. The zero-order valence-electron chi connectivity index (χ0n) is 21.7. The van der Waals surface area contributed by atoms with Gasteiger partial charge < -0.3 is 14.8 Å². The first-order chi connectivity index (χ1) is 18.3. The van der Waals surface area contributed by atoms with Crippen LogP contribution in [0.3, 0.4) is 0 Å². The van der Waals surface area contributed by atoms with Gasteiger partial charge in [-0.05, 0) is 22.3 Å². The van der Waals surface area contributed by atoms with Crippen molar-refractivity contribution in [2.75, 3.05) is 52.6 Å². The van der Waals surface area contributed by atoms with E-state index >= 15 is 0 Å². The molecule has 37 heavy (non-hydrogen) atoms. The van der Waals surface area contributed by atoms with Crippen molar-refractivity contribution >= 4 is 0 Å². The molecule has 3 aromatic carbocycles. The molecule has 4 rings (SSSR count). The van der Waals surface area contributed by atoms with Gasteiger partial charge in [-0.3, -0.25) is 9.80 Å². The monoisotopic (exact) mass is 505 g/mol. The van der Waals surface area contributed by atoms with Crippen LogP contribution in [0, 0.1) is 0 Å². The van der Waals surface area contributed by atoms with E-state index in [4.69, 9.17) is 9.47 Å². The molecule has 1 heterocycles. The average molecular weight is 506 g/mol. The normalized spacial score (nSPS) is 14.2. The third-order valence-corrected chi connectivity index (χ3v) is 6.56. The lowest BCUT2D eigenvalue weighted by molar-refractivity contribution is 0.0578. The van der Waals surface area contributed by atoms with Crippen molar-refractivity contribution in [1.82, 2.24) is 15.1 Å². The first-order valence-electron chi connectivity index (χ1n) is 13.4. The maximum absolute atomic E-state index is 14.8. The number of halogens is 1. The van der Waals surface area contributed by atoms with Gasteiger partial charge in [-0.25, -0.2) is 4.39 Å². The van der Waals surface area contributed by atoms with Gasteiger partial charge in [-0.2, -0.15) is 0 Å². The number of hydrogen-bond acceptors (Lipinski definition) is 5. The van der Waals surface area contributed by atoms with Gasteiger partial charge in [0.2, 0.25) is 0 Å². The lowest BCUT2D eigenvalue weighted by Gasteiger charge is -2.24. The van der Waals surface area contributed by atoms with E-state index in [1.165, 1.54) is 22.3 Å². The molecule has 0 radical (unpaired) electrons. The van der Waals surface area contributed by atoms with E-state index in [1.807, 2.05) is 36.4 Å². The number of benzene rings is 3. The summed E-state index contributed by atoms with van der Waals surface area (Å²) in [6.45, 7) is 8.19. The lowest BCUT2D eigenvalue weighted by atomic mass is 10.1. The van der Waals surface area contributed by atoms with E-state index in [0.29, 0.717) is 39.4 Å². The van der Waals surface area contributed by atoms with E-state index in [9.17, 15) is 4.39 Å². The number of hydrogen-bond donors (Lipinski definition) is 1. The van der Waals surface area contributed by atoms with Crippen molar-refractivity contribution < 1.29 is 13.9 Å². The molecule has 1 aliphatic rings. The molecule has 0 saturated heterocycles. The third kappa shape index (κ3) is 9.99. The summed E-state index contributed by atoms with van der Waals surface area (Å²) in [7, 11) is 0. The van der Waals surface area contributed by atoms with E-state index in [2.05, 4.69) is 63.6 Å². The maximum Gasteiger partial charge on any atom is 0.136 e. The van der Waals surface area contributed by atoms with Gasteiger partial charge in [0.15, 0.2) is 0 Å². The van der Waals surface area contributed by atoms with Crippen molar-refractivity contribution in [2.45, 2.75) is 32.4 Å². The Kier molecular flexibility index (Phi) is 11.6. The summed E-state index contributed by atoms with van der Waals surface area (Å²) < 4.78 is 26.2. The van der Waals surface area contributed by atoms with E-state index in [-0.39, 0.29) is 6.61 Å². The third-order valence-electron chi connectivity index (χ3n) is 6.56. The van der Waals surface area contributed by atoms with Gasteiger partial charge in [-0.1, -0.05) is 84.9 Å². The summed E-state index contributed by atoms with van der Waals surface area (Å²) in [6, 6.07) is 29.1. The second-order valence-corrected chi connectivity index (χ2v) is 9.65. The fraction of sp³-hybridized carbons (Fsp3) is 0.419. The molecule has 1 atom stereocenters. The summed E-state index contributed by atoms with van der Waals surface area (Å²) in [4.78, 5) is 4.56. The van der Waals surface area contributed by atoms with Gasteiger partial charge in [0, 0.05) is 52.4 Å². The Morgan fingerprint density at radius 2 is 1.27 bits per heavy atom. The Labute approximate surface area is 221 Å². The topological polar surface area (TPSA) is 37.0 Å². The van der Waals surface area contributed by atoms with Crippen molar-refractivity contribution in [2.24, 2.45) is 0 Å². The SMILES string of the molecule is FC(COCCNCCOCCN1Cc2ccccc2C1)CN(Cc1ccccc1)Cc1ccccc1. The van der Waals surface area contributed by atoms with Crippen LogP contribution in [0.1, 0.15) is 22.3 Å². The van der Waals surface area contributed by atoms with Crippen LogP contribution in [0.4, 0.5) is 4.39 Å². The van der Waals surface area contributed by atoms with Crippen LogP contribution in [0.5, 0.6) is 0 Å². The van der Waals surface area contributed by atoms with Crippen molar-refractivity contribution in [3.05, 3.63) is 107 Å². The summed E-state index contributed by atoms with van der Waals surface area (Å²) in [5.74, 6) is 0. The van der Waals surface area contributed by atoms with Crippen LogP contribution >= 0.6 is 0 Å². The van der Waals surface area contributed by atoms with Crippen LogP contribution in [0.2, 0.25) is 0 Å². The number of nitrogens with one attached hydrogen (secondary N) is 1. The number of alkyl halides is 1. The molecular weight excluding hydrogens is 465 g/mol. The van der Waals surface area contributed by atoms with Gasteiger partial charge in [0.05, 0.1) is 26.4 Å². The Hall–Kier alpha value is -2.61. The number of fused-ring (bicyclic) bond motifs is 1. The zero-order valence-corrected chi connectivity index (χ0v) is 21.7. The zero-order chi connectivity index (χ0) is 25.5. The largest absolute Gasteiger partial charge is 0.379 e. The van der Waals surface area contributed by atoms with Crippen LogP contribution in [-0.4, -0.2) is 68.6 Å². The van der Waals surface area contributed by atoms with Gasteiger partial charge in [0.25, 0.3) is 0 Å². The Bertz CT molecular complexity index is 955. The summed E-state index contributed by atoms with van der Waals surface area (Å²) in [5, 5.41) is 3.31. The van der Waals surface area contributed by atoms with Crippen LogP contribution in [0.15, 0.2) is 84.9 Å². The highest BCUT2D eigenvalue weighted by atomic mass is 19.1. The Morgan fingerprint density at radius 1 is 0.730 bits per heavy atom. The molecule has 198 valence electrons. The molecule has 1 unspecified atom stereocenters. The van der Waals surface area contributed by atoms with Gasteiger partial charge >= 0.3 is 0 Å². The Morgan fingerprint density at radius 3 is 1.86 bits per heavy atom. The minimum absolute atomic E-state index is 0.108. The highest BCUT2D eigenvalue weighted by molar-refractivity contribution is 5.30. The van der Waals surface area contributed by atoms with E-state index in [0.717, 1.165) is 32.8 Å². The highest BCUT2D eigenvalue weighted by Gasteiger charge is 2.17. The van der Waals surface area contributed by atoms with E-state index < -0.39 is 6.17 Å². The average Bonchev–Trinajstić information content (AvgIpc) is 3.34. The molecule has 1 N–H and O–H groups in total. The molecule has 0 aromatic heterocycles. The van der Waals surface area contributed by atoms with Gasteiger partial charge in [-0.15, -0.1) is 0 Å². The summed E-state index contributed by atoms with van der Waals surface area (Å²) in [5.41, 5.74) is 5.23. The van der Waals surface area contributed by atoms with Crippen molar-refractivity contribution in [3.63, 3.8) is 0 Å². The molecule has 5 nitrogen and oxygen atoms in total. The van der Waals surface area contributed by atoms with Crippen LogP contribution in [-0.2, 0) is 35.7 Å². The van der Waals surface area contributed by atoms with Crippen molar-refractivity contribution in [1.29, 1.82) is 0 Å². The molecule has 0 aliphatic carbocycles. The van der Waals surface area contributed by atoms with Gasteiger partial charge in [0.1, 0.15) is 6.17 Å². The maximum atomic E-state index is 14.8.